The predicted molar refractivity (Wildman–Crippen MR) is 59.0 cm³/mol. The van der Waals surface area contributed by atoms with E-state index in [4.69, 9.17) is 10.6 Å². The zero-order valence-electron chi connectivity index (χ0n) is 8.31. The fourth-order valence-corrected chi connectivity index (χ4v) is 1.42. The van der Waals surface area contributed by atoms with Crippen LogP contribution in [0.1, 0.15) is 0 Å². The Kier molecular flexibility index (Phi) is 2.61. The first kappa shape index (κ1) is 10.3. The molecule has 82 valence electrons. The van der Waals surface area contributed by atoms with Crippen molar-refractivity contribution in [3.63, 3.8) is 0 Å². The molecule has 0 saturated heterocycles. The van der Waals surface area contributed by atoms with Crippen LogP contribution in [0.2, 0.25) is 0 Å². The molecular formula is C11H10N2O3. The molecule has 0 bridgehead atoms. The molecule has 0 aromatic heterocycles. The van der Waals surface area contributed by atoms with Crippen LogP contribution in [0.5, 0.6) is 11.5 Å². The summed E-state index contributed by atoms with van der Waals surface area (Å²) in [5.41, 5.74) is 1.82. The summed E-state index contributed by atoms with van der Waals surface area (Å²) in [6.07, 6.45) is -0.828. The molecule has 0 spiro atoms. The second-order valence-corrected chi connectivity index (χ2v) is 3.20. The van der Waals surface area contributed by atoms with Crippen molar-refractivity contribution in [1.82, 2.24) is 5.43 Å². The van der Waals surface area contributed by atoms with Crippen LogP contribution in [0.4, 0.5) is 4.79 Å². The minimum atomic E-state index is -0.828. The average Bonchev–Trinajstić information content (AvgIpc) is 2.30. The number of nitrogens with one attached hydrogen (secondary N) is 1. The zero-order valence-corrected chi connectivity index (χ0v) is 8.31. The van der Waals surface area contributed by atoms with Gasteiger partial charge in [-0.15, -0.1) is 0 Å². The third kappa shape index (κ3) is 1.89. The van der Waals surface area contributed by atoms with Gasteiger partial charge in [0.2, 0.25) is 0 Å². The summed E-state index contributed by atoms with van der Waals surface area (Å²) in [7, 11) is 0. The quantitative estimate of drug-likeness (QED) is 0.385. The standard InChI is InChI=1S/C11H10N2O3/c12-13-11(15)16-10-6-8-4-2-1-3-7(8)5-9(10)14/h1-6,14H,12H2,(H,13,15). The number of phenolic OH excluding ortho intramolecular Hbond substituents is 1. The van der Waals surface area contributed by atoms with Crippen molar-refractivity contribution in [1.29, 1.82) is 0 Å². The minimum Gasteiger partial charge on any atom is -0.504 e. The number of phenols is 1. The van der Waals surface area contributed by atoms with Crippen LogP contribution in [0.25, 0.3) is 10.8 Å². The number of hydrogen-bond donors (Lipinski definition) is 3. The van der Waals surface area contributed by atoms with Gasteiger partial charge in [-0.3, -0.25) is 5.43 Å². The fourth-order valence-electron chi connectivity index (χ4n) is 1.42. The number of nitrogens with two attached hydrogens (primary N) is 1. The van der Waals surface area contributed by atoms with E-state index in [0.717, 1.165) is 10.8 Å². The van der Waals surface area contributed by atoms with Crippen molar-refractivity contribution in [3.8, 4) is 11.5 Å². The Labute approximate surface area is 91.4 Å². The van der Waals surface area contributed by atoms with Crippen molar-refractivity contribution < 1.29 is 14.6 Å². The Bertz CT molecular complexity index is 540. The summed E-state index contributed by atoms with van der Waals surface area (Å²) < 4.78 is 4.78. The maximum Gasteiger partial charge on any atom is 0.427 e. The fraction of sp³-hybridized carbons (Fsp3) is 0. The summed E-state index contributed by atoms with van der Waals surface area (Å²) in [5.74, 6) is 4.84. The first-order valence-electron chi connectivity index (χ1n) is 4.61. The van der Waals surface area contributed by atoms with Gasteiger partial charge in [-0.1, -0.05) is 24.3 Å². The summed E-state index contributed by atoms with van der Waals surface area (Å²) in [6, 6.07) is 10.5. The highest BCUT2D eigenvalue weighted by molar-refractivity contribution is 5.86. The molecule has 2 aromatic carbocycles. The van der Waals surface area contributed by atoms with Crippen LogP contribution in [0, 0.1) is 0 Å². The van der Waals surface area contributed by atoms with Crippen LogP contribution in [-0.2, 0) is 0 Å². The van der Waals surface area contributed by atoms with Crippen molar-refractivity contribution in [3.05, 3.63) is 36.4 Å². The van der Waals surface area contributed by atoms with Crippen LogP contribution in [0.3, 0.4) is 0 Å². The number of fused-ring (bicyclic) bond motifs is 1. The molecule has 2 aromatic rings. The number of rotatable bonds is 1. The van der Waals surface area contributed by atoms with E-state index in [1.54, 1.807) is 6.07 Å². The molecule has 0 heterocycles. The lowest BCUT2D eigenvalue weighted by atomic mass is 10.1. The molecule has 0 aliphatic heterocycles. The molecule has 0 fully saturated rings. The number of hydrogen-bond acceptors (Lipinski definition) is 4. The van der Waals surface area contributed by atoms with Gasteiger partial charge in [0.25, 0.3) is 0 Å². The first-order valence-corrected chi connectivity index (χ1v) is 4.61. The van der Waals surface area contributed by atoms with Gasteiger partial charge < -0.3 is 9.84 Å². The molecule has 1 amide bonds. The van der Waals surface area contributed by atoms with E-state index < -0.39 is 6.09 Å². The SMILES string of the molecule is NNC(=O)Oc1cc2ccccc2cc1O. The second kappa shape index (κ2) is 4.08. The Morgan fingerprint density at radius 3 is 2.50 bits per heavy atom. The smallest absolute Gasteiger partial charge is 0.427 e. The Morgan fingerprint density at radius 2 is 1.88 bits per heavy atom. The lowest BCUT2D eigenvalue weighted by Gasteiger charge is -2.07. The minimum absolute atomic E-state index is 0.0710. The van der Waals surface area contributed by atoms with E-state index in [9.17, 15) is 9.90 Å². The summed E-state index contributed by atoms with van der Waals surface area (Å²) in [6.45, 7) is 0. The van der Waals surface area contributed by atoms with Crippen LogP contribution >= 0.6 is 0 Å². The molecular weight excluding hydrogens is 208 g/mol. The van der Waals surface area contributed by atoms with Crippen molar-refractivity contribution >= 4 is 16.9 Å². The van der Waals surface area contributed by atoms with Gasteiger partial charge in [0, 0.05) is 0 Å². The number of carbonyl (C=O) groups is 1. The van der Waals surface area contributed by atoms with Gasteiger partial charge >= 0.3 is 6.09 Å². The Balaban J connectivity index is 2.46. The molecule has 5 nitrogen and oxygen atoms in total. The molecule has 0 saturated carbocycles. The van der Waals surface area contributed by atoms with Crippen molar-refractivity contribution in [2.24, 2.45) is 5.84 Å². The summed E-state index contributed by atoms with van der Waals surface area (Å²) in [5, 5.41) is 11.3. The van der Waals surface area contributed by atoms with Crippen molar-refractivity contribution in [2.45, 2.75) is 0 Å². The second-order valence-electron chi connectivity index (χ2n) is 3.20. The maximum atomic E-state index is 10.9. The highest BCUT2D eigenvalue weighted by atomic mass is 16.6. The van der Waals surface area contributed by atoms with Gasteiger partial charge in [-0.2, -0.15) is 0 Å². The molecule has 0 aliphatic rings. The number of benzene rings is 2. The van der Waals surface area contributed by atoms with Gasteiger partial charge in [0.1, 0.15) is 0 Å². The molecule has 4 N–H and O–H groups in total. The average molecular weight is 218 g/mol. The van der Waals surface area contributed by atoms with Gasteiger partial charge in [-0.25, -0.2) is 10.6 Å². The van der Waals surface area contributed by atoms with E-state index in [0.29, 0.717) is 0 Å². The van der Waals surface area contributed by atoms with E-state index in [-0.39, 0.29) is 11.5 Å². The zero-order chi connectivity index (χ0) is 11.5. The van der Waals surface area contributed by atoms with Crippen molar-refractivity contribution in [2.75, 3.05) is 0 Å². The topological polar surface area (TPSA) is 84.6 Å². The number of amides is 1. The first-order chi connectivity index (χ1) is 7.70. The van der Waals surface area contributed by atoms with E-state index in [1.165, 1.54) is 6.07 Å². The monoisotopic (exact) mass is 218 g/mol. The summed E-state index contributed by atoms with van der Waals surface area (Å²) in [4.78, 5) is 10.9. The molecule has 5 heteroatoms. The third-order valence-electron chi connectivity index (χ3n) is 2.15. The van der Waals surface area contributed by atoms with E-state index >= 15 is 0 Å². The van der Waals surface area contributed by atoms with Crippen LogP contribution < -0.4 is 16.0 Å². The summed E-state index contributed by atoms with van der Waals surface area (Å²) >= 11 is 0. The van der Waals surface area contributed by atoms with E-state index in [2.05, 4.69) is 0 Å². The Hall–Kier alpha value is -2.27. The number of aromatic hydroxyl groups is 1. The lowest BCUT2D eigenvalue weighted by molar-refractivity contribution is 0.199. The largest absolute Gasteiger partial charge is 0.504 e. The van der Waals surface area contributed by atoms with E-state index in [1.807, 2.05) is 29.7 Å². The lowest BCUT2D eigenvalue weighted by Crippen LogP contribution is -2.32. The third-order valence-corrected chi connectivity index (χ3v) is 2.15. The normalized spacial score (nSPS) is 10.1. The van der Waals surface area contributed by atoms with Crippen LogP contribution in [-0.4, -0.2) is 11.2 Å². The molecule has 0 aliphatic carbocycles. The molecule has 2 rings (SSSR count). The molecule has 16 heavy (non-hydrogen) atoms. The number of ether oxygens (including phenoxy) is 1. The Morgan fingerprint density at radius 1 is 1.25 bits per heavy atom. The van der Waals surface area contributed by atoms with Gasteiger partial charge in [0.05, 0.1) is 0 Å². The maximum absolute atomic E-state index is 10.9. The molecule has 0 radical (unpaired) electrons. The highest BCUT2D eigenvalue weighted by Crippen LogP contribution is 2.31. The van der Waals surface area contributed by atoms with Gasteiger partial charge in [-0.05, 0) is 22.9 Å². The molecule has 0 unspecified atom stereocenters. The van der Waals surface area contributed by atoms with Crippen LogP contribution in [0.15, 0.2) is 36.4 Å². The molecule has 0 atom stereocenters. The predicted octanol–water partition coefficient (Wildman–Crippen LogP) is 1.51. The van der Waals surface area contributed by atoms with Gasteiger partial charge in [0.15, 0.2) is 11.5 Å². The highest BCUT2D eigenvalue weighted by Gasteiger charge is 2.08. The number of carbonyl (C=O) groups excluding carboxylic acids is 1. The number of hydrazine groups is 1.